The molecule has 4 rings (SSSR count). The lowest BCUT2D eigenvalue weighted by Crippen LogP contribution is -2.35. The quantitative estimate of drug-likeness (QED) is 0.890. The first-order valence-corrected chi connectivity index (χ1v) is 9.91. The van der Waals surface area contributed by atoms with E-state index in [1.807, 2.05) is 11.6 Å². The Morgan fingerprint density at radius 3 is 2.88 bits per heavy atom. The molecule has 2 aliphatic rings. The molecular formula is C19H26N4OS. The van der Waals surface area contributed by atoms with Crippen LogP contribution in [0.2, 0.25) is 0 Å². The molecule has 5 nitrogen and oxygen atoms in total. The molecule has 2 aliphatic heterocycles. The van der Waals surface area contributed by atoms with Crippen LogP contribution in [0.1, 0.15) is 35.0 Å². The third-order valence-electron chi connectivity index (χ3n) is 5.30. The Labute approximate surface area is 153 Å². The van der Waals surface area contributed by atoms with E-state index in [2.05, 4.69) is 40.0 Å². The van der Waals surface area contributed by atoms with Crippen molar-refractivity contribution in [1.29, 1.82) is 0 Å². The van der Waals surface area contributed by atoms with Crippen molar-refractivity contribution in [3.05, 3.63) is 45.9 Å². The van der Waals surface area contributed by atoms with Crippen molar-refractivity contribution in [2.45, 2.75) is 38.1 Å². The summed E-state index contributed by atoms with van der Waals surface area (Å²) in [6, 6.07) is 6.80. The summed E-state index contributed by atoms with van der Waals surface area (Å²) in [4.78, 5) is 9.20. The molecular weight excluding hydrogens is 332 g/mol. The van der Waals surface area contributed by atoms with Crippen LogP contribution in [0.3, 0.4) is 0 Å². The number of nitrogens with zero attached hydrogens (tertiary/aromatic N) is 3. The maximum absolute atomic E-state index is 6.27. The lowest BCUT2D eigenvalue weighted by atomic mass is 10.0. The number of ether oxygens (including phenoxy) is 1. The molecule has 3 heterocycles. The van der Waals surface area contributed by atoms with E-state index in [-0.39, 0.29) is 6.04 Å². The highest BCUT2D eigenvalue weighted by molar-refractivity contribution is 7.09. The van der Waals surface area contributed by atoms with Gasteiger partial charge in [-0.2, -0.15) is 0 Å². The minimum atomic E-state index is 0.250. The Morgan fingerprint density at radius 1 is 1.32 bits per heavy atom. The van der Waals surface area contributed by atoms with Crippen LogP contribution in [0.25, 0.3) is 0 Å². The fraction of sp³-hybridized carbons (Fsp3) is 0.526. The van der Waals surface area contributed by atoms with Crippen LogP contribution in [0.15, 0.2) is 29.8 Å². The molecule has 0 amide bonds. The highest BCUT2D eigenvalue weighted by atomic mass is 32.1. The van der Waals surface area contributed by atoms with Gasteiger partial charge >= 0.3 is 0 Å². The maximum Gasteiger partial charge on any atom is 0.120 e. The van der Waals surface area contributed by atoms with Gasteiger partial charge < -0.3 is 15.4 Å². The molecule has 1 saturated heterocycles. The Balaban J connectivity index is 1.47. The van der Waals surface area contributed by atoms with Gasteiger partial charge in [0.05, 0.1) is 6.54 Å². The molecule has 1 fully saturated rings. The number of hydrogen-bond acceptors (Lipinski definition) is 6. The van der Waals surface area contributed by atoms with Gasteiger partial charge in [0.15, 0.2) is 0 Å². The van der Waals surface area contributed by atoms with Crippen LogP contribution in [0.5, 0.6) is 5.75 Å². The standard InChI is InChI=1S/C19H26N4OS/c1-22-7-4-15(5-8-22)24-16-3-2-14-12-23(13-19-21-6-9-25-19)18(11-20)17(14)10-16/h2-3,6,9-10,15,18H,4-5,7-8,11-13,20H2,1H3. The zero-order valence-corrected chi connectivity index (χ0v) is 15.5. The van der Waals surface area contributed by atoms with Crippen LogP contribution >= 0.6 is 11.3 Å². The third kappa shape index (κ3) is 3.72. The van der Waals surface area contributed by atoms with Crippen molar-refractivity contribution in [2.75, 3.05) is 26.7 Å². The first-order valence-electron chi connectivity index (χ1n) is 9.03. The molecule has 0 radical (unpaired) electrons. The summed E-state index contributed by atoms with van der Waals surface area (Å²) in [5.74, 6) is 0.989. The van der Waals surface area contributed by atoms with Gasteiger partial charge in [-0.15, -0.1) is 11.3 Å². The molecule has 6 heteroatoms. The summed E-state index contributed by atoms with van der Waals surface area (Å²) < 4.78 is 6.27. The Morgan fingerprint density at radius 2 is 2.16 bits per heavy atom. The van der Waals surface area contributed by atoms with Gasteiger partial charge in [-0.3, -0.25) is 4.90 Å². The smallest absolute Gasteiger partial charge is 0.120 e. The maximum atomic E-state index is 6.27. The van der Waals surface area contributed by atoms with Crippen molar-refractivity contribution in [1.82, 2.24) is 14.8 Å². The minimum Gasteiger partial charge on any atom is -0.490 e. The molecule has 1 atom stereocenters. The van der Waals surface area contributed by atoms with Gasteiger partial charge in [-0.25, -0.2) is 4.98 Å². The molecule has 1 aromatic heterocycles. The van der Waals surface area contributed by atoms with Crippen LogP contribution in [0.4, 0.5) is 0 Å². The summed E-state index contributed by atoms with van der Waals surface area (Å²) in [6.07, 6.45) is 4.40. The van der Waals surface area contributed by atoms with Gasteiger partial charge in [-0.05, 0) is 43.1 Å². The van der Waals surface area contributed by atoms with Gasteiger partial charge in [0.1, 0.15) is 16.9 Å². The van der Waals surface area contributed by atoms with E-state index in [4.69, 9.17) is 10.5 Å². The van der Waals surface area contributed by atoms with Crippen molar-refractivity contribution in [3.8, 4) is 5.75 Å². The predicted octanol–water partition coefficient (Wildman–Crippen LogP) is 2.63. The number of fused-ring (bicyclic) bond motifs is 1. The molecule has 0 spiro atoms. The average Bonchev–Trinajstić information content (AvgIpc) is 3.24. The average molecular weight is 359 g/mol. The summed E-state index contributed by atoms with van der Waals surface area (Å²) in [6.45, 7) is 4.64. The number of benzene rings is 1. The van der Waals surface area contributed by atoms with Gasteiger partial charge in [0, 0.05) is 43.8 Å². The topological polar surface area (TPSA) is 54.6 Å². The largest absolute Gasteiger partial charge is 0.490 e. The van der Waals surface area contributed by atoms with Crippen molar-refractivity contribution in [2.24, 2.45) is 5.73 Å². The number of piperidine rings is 1. The molecule has 1 unspecified atom stereocenters. The lowest BCUT2D eigenvalue weighted by Gasteiger charge is -2.29. The van der Waals surface area contributed by atoms with Crippen molar-refractivity contribution >= 4 is 11.3 Å². The van der Waals surface area contributed by atoms with E-state index in [1.165, 1.54) is 11.1 Å². The van der Waals surface area contributed by atoms with Crippen LogP contribution in [-0.4, -0.2) is 47.6 Å². The number of rotatable bonds is 5. The van der Waals surface area contributed by atoms with Gasteiger partial charge in [0.2, 0.25) is 0 Å². The van der Waals surface area contributed by atoms with E-state index >= 15 is 0 Å². The van der Waals surface area contributed by atoms with Crippen molar-refractivity contribution in [3.63, 3.8) is 0 Å². The zero-order chi connectivity index (χ0) is 17.2. The number of aromatic nitrogens is 1. The number of thiazole rings is 1. The van der Waals surface area contributed by atoms with Crippen LogP contribution in [0, 0.1) is 0 Å². The molecule has 25 heavy (non-hydrogen) atoms. The third-order valence-corrected chi connectivity index (χ3v) is 6.07. The molecule has 2 N–H and O–H groups in total. The van der Waals surface area contributed by atoms with E-state index < -0.39 is 0 Å². The summed E-state index contributed by atoms with van der Waals surface area (Å²) >= 11 is 1.71. The highest BCUT2D eigenvalue weighted by Gasteiger charge is 2.30. The summed E-state index contributed by atoms with van der Waals surface area (Å²) in [7, 11) is 2.18. The molecule has 1 aromatic carbocycles. The van der Waals surface area contributed by atoms with Gasteiger partial charge in [0.25, 0.3) is 0 Å². The Hall–Kier alpha value is -1.47. The van der Waals surface area contributed by atoms with E-state index in [1.54, 1.807) is 11.3 Å². The number of likely N-dealkylation sites (tertiary alicyclic amines) is 1. The first kappa shape index (κ1) is 17.0. The SMILES string of the molecule is CN1CCC(Oc2ccc3c(c2)C(CN)N(Cc2nccs2)C3)CC1. The Kier molecular flexibility index (Phi) is 5.03. The molecule has 134 valence electrons. The second kappa shape index (κ2) is 7.41. The second-order valence-electron chi connectivity index (χ2n) is 7.06. The van der Waals surface area contributed by atoms with Crippen molar-refractivity contribution < 1.29 is 4.74 Å². The normalized spacial score (nSPS) is 22.2. The minimum absolute atomic E-state index is 0.250. The molecule has 0 saturated carbocycles. The van der Waals surface area contributed by atoms with E-state index in [9.17, 15) is 0 Å². The number of nitrogens with two attached hydrogens (primary N) is 1. The summed E-state index contributed by atoms with van der Waals surface area (Å²) in [5, 5.41) is 3.18. The molecule has 0 bridgehead atoms. The number of hydrogen-bond donors (Lipinski definition) is 1. The van der Waals surface area contributed by atoms with Crippen LogP contribution in [-0.2, 0) is 13.1 Å². The Bertz CT molecular complexity index is 697. The van der Waals surface area contributed by atoms with E-state index in [0.717, 1.165) is 49.8 Å². The van der Waals surface area contributed by atoms with Crippen LogP contribution < -0.4 is 10.5 Å². The first-order chi connectivity index (χ1) is 12.2. The summed E-state index contributed by atoms with van der Waals surface area (Å²) in [5.41, 5.74) is 8.80. The highest BCUT2D eigenvalue weighted by Crippen LogP contribution is 2.37. The second-order valence-corrected chi connectivity index (χ2v) is 8.04. The zero-order valence-electron chi connectivity index (χ0n) is 14.7. The monoisotopic (exact) mass is 358 g/mol. The molecule has 0 aliphatic carbocycles. The predicted molar refractivity (Wildman–Crippen MR) is 101 cm³/mol. The van der Waals surface area contributed by atoms with E-state index in [0.29, 0.717) is 12.6 Å². The molecule has 2 aromatic rings. The lowest BCUT2D eigenvalue weighted by molar-refractivity contribution is 0.114. The fourth-order valence-corrected chi connectivity index (χ4v) is 4.51. The fourth-order valence-electron chi connectivity index (χ4n) is 3.87. The van der Waals surface area contributed by atoms with Gasteiger partial charge in [-0.1, -0.05) is 6.07 Å².